The predicted molar refractivity (Wildman–Crippen MR) is 142 cm³/mol. The summed E-state index contributed by atoms with van der Waals surface area (Å²) >= 11 is 0. The first-order valence-corrected chi connectivity index (χ1v) is 11.7. The summed E-state index contributed by atoms with van der Waals surface area (Å²) in [5.41, 5.74) is 5.83. The van der Waals surface area contributed by atoms with Crippen LogP contribution in [0.3, 0.4) is 0 Å². The summed E-state index contributed by atoms with van der Waals surface area (Å²) in [5, 5.41) is 13.6. The minimum Gasteiger partial charge on any atom is -0.0616 e. The molecule has 0 bridgehead atoms. The molecule has 8 rings (SSSR count). The van der Waals surface area contributed by atoms with Crippen LogP contribution in [0.2, 0.25) is 0 Å². The van der Waals surface area contributed by atoms with Gasteiger partial charge >= 0.3 is 0 Å². The van der Waals surface area contributed by atoms with Crippen molar-refractivity contribution in [1.82, 2.24) is 0 Å². The zero-order chi connectivity index (χ0) is 21.5. The number of benzene rings is 7. The Kier molecular flexibility index (Phi) is 3.27. The van der Waals surface area contributed by atoms with E-state index in [1.807, 2.05) is 0 Å². The maximum atomic E-state index is 2.33. The fourth-order valence-corrected chi connectivity index (χ4v) is 6.35. The Morgan fingerprint density at radius 1 is 0.333 bits per heavy atom. The molecular formula is C33H20. The number of rotatable bonds is 0. The molecule has 1 aliphatic carbocycles. The molecule has 0 spiro atoms. The lowest BCUT2D eigenvalue weighted by molar-refractivity contribution is 1.31. The molecule has 1 aliphatic rings. The summed E-state index contributed by atoms with van der Waals surface area (Å²) in [6.07, 6.45) is 0.982. The van der Waals surface area contributed by atoms with Crippen molar-refractivity contribution in [3.63, 3.8) is 0 Å². The van der Waals surface area contributed by atoms with Gasteiger partial charge in [0.05, 0.1) is 0 Å². The van der Waals surface area contributed by atoms with Crippen LogP contribution in [0.25, 0.3) is 65.0 Å². The van der Waals surface area contributed by atoms with E-state index in [1.54, 1.807) is 0 Å². The summed E-state index contributed by atoms with van der Waals surface area (Å²) in [5.74, 6) is 0. The third-order valence-corrected chi connectivity index (χ3v) is 7.67. The quantitative estimate of drug-likeness (QED) is 0.216. The molecule has 0 heterocycles. The third-order valence-electron chi connectivity index (χ3n) is 7.67. The molecule has 0 saturated heterocycles. The fraction of sp³-hybridized carbons (Fsp3) is 0.0303. The van der Waals surface area contributed by atoms with Crippen LogP contribution >= 0.6 is 0 Å². The Morgan fingerprint density at radius 3 is 1.52 bits per heavy atom. The van der Waals surface area contributed by atoms with E-state index in [-0.39, 0.29) is 0 Å². The minimum absolute atomic E-state index is 0.982. The van der Waals surface area contributed by atoms with E-state index in [1.165, 1.54) is 76.1 Å². The van der Waals surface area contributed by atoms with Crippen LogP contribution in [0.15, 0.2) is 109 Å². The first-order valence-electron chi connectivity index (χ1n) is 11.7. The van der Waals surface area contributed by atoms with Gasteiger partial charge in [-0.25, -0.2) is 0 Å². The highest BCUT2D eigenvalue weighted by Crippen LogP contribution is 2.52. The molecule has 33 heavy (non-hydrogen) atoms. The monoisotopic (exact) mass is 416 g/mol. The van der Waals surface area contributed by atoms with E-state index >= 15 is 0 Å². The Labute approximate surface area is 191 Å². The van der Waals surface area contributed by atoms with Gasteiger partial charge < -0.3 is 0 Å². The second-order valence-corrected chi connectivity index (χ2v) is 9.23. The van der Waals surface area contributed by atoms with Crippen molar-refractivity contribution in [3.05, 3.63) is 120 Å². The molecule has 0 aromatic heterocycles. The van der Waals surface area contributed by atoms with Gasteiger partial charge in [-0.05, 0) is 82.5 Å². The van der Waals surface area contributed by atoms with E-state index in [2.05, 4.69) is 109 Å². The minimum atomic E-state index is 0.982. The summed E-state index contributed by atoms with van der Waals surface area (Å²) in [7, 11) is 0. The van der Waals surface area contributed by atoms with Crippen molar-refractivity contribution >= 4 is 53.9 Å². The van der Waals surface area contributed by atoms with Crippen molar-refractivity contribution in [1.29, 1.82) is 0 Å². The van der Waals surface area contributed by atoms with Crippen molar-refractivity contribution < 1.29 is 0 Å². The smallest absolute Gasteiger partial charge is 0.0000649 e. The number of fused-ring (bicyclic) bond motifs is 15. The molecule has 0 amide bonds. The molecule has 0 nitrogen and oxygen atoms in total. The van der Waals surface area contributed by atoms with Gasteiger partial charge in [-0.1, -0.05) is 109 Å². The van der Waals surface area contributed by atoms with E-state index in [0.29, 0.717) is 0 Å². The van der Waals surface area contributed by atoms with Crippen molar-refractivity contribution in [2.75, 3.05) is 0 Å². The van der Waals surface area contributed by atoms with Gasteiger partial charge in [0.25, 0.3) is 0 Å². The summed E-state index contributed by atoms with van der Waals surface area (Å²) in [4.78, 5) is 0. The molecule has 0 heteroatoms. The zero-order valence-corrected chi connectivity index (χ0v) is 18.1. The number of hydrogen-bond acceptors (Lipinski definition) is 0. The molecular weight excluding hydrogens is 396 g/mol. The standard InChI is InChI=1S/C33H20/c1-2-10-21-20(9-1)17-18-28-24-13-4-6-15-26(24)30-19-29-25-14-5-3-11-22(25)23-12-7-8-16-27(23)32(29)33(30)31(21)28/h1-18H,19H2. The van der Waals surface area contributed by atoms with Crippen LogP contribution in [0, 0.1) is 0 Å². The lowest BCUT2D eigenvalue weighted by Crippen LogP contribution is -1.89. The molecule has 0 fully saturated rings. The molecule has 0 N–H and O–H groups in total. The first kappa shape index (κ1) is 17.4. The molecule has 0 atom stereocenters. The van der Waals surface area contributed by atoms with E-state index in [9.17, 15) is 0 Å². The Hall–Kier alpha value is -4.16. The molecule has 152 valence electrons. The summed E-state index contributed by atoms with van der Waals surface area (Å²) in [6, 6.07) is 40.4. The van der Waals surface area contributed by atoms with Crippen molar-refractivity contribution in [2.45, 2.75) is 6.42 Å². The average Bonchev–Trinajstić information content (AvgIpc) is 3.30. The molecule has 7 aromatic rings. The molecule has 0 radical (unpaired) electrons. The van der Waals surface area contributed by atoms with Crippen LogP contribution in [-0.2, 0) is 6.42 Å². The van der Waals surface area contributed by atoms with Gasteiger partial charge in [-0.15, -0.1) is 0 Å². The SMILES string of the molecule is c1ccc2c(c1)ccc1c3ccccc3c3c(c21)-c1c(c2ccccc2c2ccccc12)C3. The lowest BCUT2D eigenvalue weighted by Gasteiger charge is -2.16. The van der Waals surface area contributed by atoms with Crippen LogP contribution in [0.5, 0.6) is 0 Å². The van der Waals surface area contributed by atoms with Gasteiger partial charge in [0.2, 0.25) is 0 Å². The van der Waals surface area contributed by atoms with Gasteiger partial charge in [0.15, 0.2) is 0 Å². The second-order valence-electron chi connectivity index (χ2n) is 9.23. The topological polar surface area (TPSA) is 0 Å². The van der Waals surface area contributed by atoms with Crippen LogP contribution in [0.4, 0.5) is 0 Å². The van der Waals surface area contributed by atoms with Gasteiger partial charge in [0.1, 0.15) is 0 Å². The third kappa shape index (κ3) is 2.16. The molecule has 0 aliphatic heterocycles. The van der Waals surface area contributed by atoms with Crippen LogP contribution in [-0.4, -0.2) is 0 Å². The normalized spacial score (nSPS) is 12.7. The van der Waals surface area contributed by atoms with Crippen LogP contribution in [0.1, 0.15) is 11.1 Å². The van der Waals surface area contributed by atoms with E-state index < -0.39 is 0 Å². The average molecular weight is 417 g/mol. The second kappa shape index (κ2) is 6.21. The highest BCUT2D eigenvalue weighted by Gasteiger charge is 2.28. The van der Waals surface area contributed by atoms with Gasteiger partial charge in [0, 0.05) is 0 Å². The number of hydrogen-bond donors (Lipinski definition) is 0. The largest absolute Gasteiger partial charge is 0.0616 e. The van der Waals surface area contributed by atoms with Gasteiger partial charge in [-0.3, -0.25) is 0 Å². The van der Waals surface area contributed by atoms with Crippen molar-refractivity contribution in [3.8, 4) is 11.1 Å². The maximum absolute atomic E-state index is 2.33. The first-order chi connectivity index (χ1) is 16.4. The van der Waals surface area contributed by atoms with Crippen LogP contribution < -0.4 is 0 Å². The maximum Gasteiger partial charge on any atom is -0.0000649 e. The molecule has 7 aromatic carbocycles. The Bertz CT molecular complexity index is 1940. The Balaban J connectivity index is 1.72. The lowest BCUT2D eigenvalue weighted by atomic mass is 9.87. The summed E-state index contributed by atoms with van der Waals surface area (Å²) < 4.78 is 0. The van der Waals surface area contributed by atoms with E-state index in [4.69, 9.17) is 0 Å². The highest BCUT2D eigenvalue weighted by atomic mass is 14.3. The molecule has 0 unspecified atom stereocenters. The summed E-state index contributed by atoms with van der Waals surface area (Å²) in [6.45, 7) is 0. The predicted octanol–water partition coefficient (Wildman–Crippen LogP) is 9.02. The highest BCUT2D eigenvalue weighted by molar-refractivity contribution is 6.29. The Morgan fingerprint density at radius 2 is 0.818 bits per heavy atom. The fourth-order valence-electron chi connectivity index (χ4n) is 6.35. The van der Waals surface area contributed by atoms with Gasteiger partial charge in [-0.2, -0.15) is 0 Å². The van der Waals surface area contributed by atoms with E-state index in [0.717, 1.165) is 6.42 Å². The molecule has 0 saturated carbocycles. The van der Waals surface area contributed by atoms with Crippen molar-refractivity contribution in [2.24, 2.45) is 0 Å². The zero-order valence-electron chi connectivity index (χ0n) is 18.1.